The van der Waals surface area contributed by atoms with Gasteiger partial charge in [-0.1, -0.05) is 43.4 Å². The molecule has 13 heteroatoms. The van der Waals surface area contributed by atoms with Crippen LogP contribution in [0.2, 0.25) is 0 Å². The lowest BCUT2D eigenvalue weighted by Crippen LogP contribution is -2.58. The molecule has 1 aromatic heterocycles. The van der Waals surface area contributed by atoms with Crippen molar-refractivity contribution in [2.75, 3.05) is 14.2 Å². The Kier molecular flexibility index (Phi) is 12.5. The normalized spacial score (nSPS) is 43.5. The standard InChI is InChI=1S/C34H54IN3O9/c1-18-13-19(2)29(47-31-27-24(14-21(4)45-31)38(8)32(46-27)36-17-23-11-10-12-44-23)33(6,43-9)16-20(3)30(41)37-22(5)28(40)34(7,42)26(35)15-25(18)39/h10-12,18-22,24,26-29,31,40,42H,13-17H2,1-9H3,(H,37,41)/b36-32-/t18-,19+,20-,21-,22-,24?,26+,27-,28-,29-,31+,33-,34-/m1/s1. The van der Waals surface area contributed by atoms with Gasteiger partial charge in [-0.25, -0.2) is 4.99 Å². The number of likely N-dealkylation sites (N-methyl/N-ethyl adjacent to an activating group) is 1. The number of hydrogen-bond donors (Lipinski definition) is 3. The summed E-state index contributed by atoms with van der Waals surface area (Å²) in [4.78, 5) is 33.7. The Morgan fingerprint density at radius 2 is 1.85 bits per heavy atom. The van der Waals surface area contributed by atoms with Gasteiger partial charge in [-0.3, -0.25) is 9.59 Å². The van der Waals surface area contributed by atoms with Crippen LogP contribution in [0.3, 0.4) is 0 Å². The van der Waals surface area contributed by atoms with Gasteiger partial charge in [0.15, 0.2) is 12.4 Å². The Morgan fingerprint density at radius 1 is 1.15 bits per heavy atom. The van der Waals surface area contributed by atoms with Gasteiger partial charge < -0.3 is 43.8 Å². The third-order valence-corrected chi connectivity index (χ3v) is 12.0. The van der Waals surface area contributed by atoms with Gasteiger partial charge in [0.1, 0.15) is 29.8 Å². The van der Waals surface area contributed by atoms with Crippen molar-refractivity contribution < 1.29 is 43.2 Å². The maximum atomic E-state index is 13.5. The number of rotatable bonds is 5. The number of nitrogens with zero attached hydrogens (tertiary/aromatic N) is 2. The molecule has 3 aliphatic rings. The van der Waals surface area contributed by atoms with Crippen LogP contribution in [0.1, 0.15) is 79.9 Å². The number of methoxy groups -OCH3 is 1. The molecule has 0 aromatic carbocycles. The van der Waals surface area contributed by atoms with Crippen molar-refractivity contribution in [3.8, 4) is 0 Å². The summed E-state index contributed by atoms with van der Waals surface area (Å²) in [5.41, 5.74) is -2.58. The summed E-state index contributed by atoms with van der Waals surface area (Å²) in [6.07, 6.45) is -0.101. The molecule has 13 atom stereocenters. The molecule has 0 spiro atoms. The van der Waals surface area contributed by atoms with Crippen molar-refractivity contribution >= 4 is 40.3 Å². The summed E-state index contributed by atoms with van der Waals surface area (Å²) in [6.45, 7) is 13.2. The average molecular weight is 776 g/mol. The molecule has 3 fully saturated rings. The fourth-order valence-corrected chi connectivity index (χ4v) is 8.06. The summed E-state index contributed by atoms with van der Waals surface area (Å²) in [5, 5.41) is 25.2. The highest BCUT2D eigenvalue weighted by Gasteiger charge is 2.52. The summed E-state index contributed by atoms with van der Waals surface area (Å²) in [6, 6.07) is 3.37. The molecule has 4 rings (SSSR count). The molecule has 12 nitrogen and oxygen atoms in total. The van der Waals surface area contributed by atoms with Crippen molar-refractivity contribution in [1.29, 1.82) is 0 Å². The number of aliphatic hydroxyl groups is 2. The molecule has 0 radical (unpaired) electrons. The second-order valence-electron chi connectivity index (χ2n) is 14.4. The first kappa shape index (κ1) is 38.0. The molecular formula is C34H54IN3O9. The lowest BCUT2D eigenvalue weighted by Gasteiger charge is -2.45. The van der Waals surface area contributed by atoms with Gasteiger partial charge in [0.05, 0.1) is 36.2 Å². The van der Waals surface area contributed by atoms with Crippen LogP contribution in [0.15, 0.2) is 27.8 Å². The van der Waals surface area contributed by atoms with E-state index in [1.165, 1.54) is 6.92 Å². The molecule has 4 heterocycles. The number of halogens is 1. The molecule has 0 bridgehead atoms. The summed E-state index contributed by atoms with van der Waals surface area (Å²) in [7, 11) is 3.56. The minimum Gasteiger partial charge on any atom is -0.467 e. The van der Waals surface area contributed by atoms with Gasteiger partial charge in [-0.15, -0.1) is 0 Å². The largest absolute Gasteiger partial charge is 0.467 e. The van der Waals surface area contributed by atoms with Crippen LogP contribution < -0.4 is 5.32 Å². The number of carbonyl (C=O) groups excluding carboxylic acids is 2. The van der Waals surface area contributed by atoms with Crippen LogP contribution in [0.25, 0.3) is 0 Å². The monoisotopic (exact) mass is 775 g/mol. The van der Waals surface area contributed by atoms with E-state index in [9.17, 15) is 19.8 Å². The number of furan rings is 1. The van der Waals surface area contributed by atoms with Crippen LogP contribution in [-0.4, -0.2) is 105 Å². The second-order valence-corrected chi connectivity index (χ2v) is 15.9. The van der Waals surface area contributed by atoms with Gasteiger partial charge in [-0.05, 0) is 65.0 Å². The van der Waals surface area contributed by atoms with Crippen molar-refractivity contribution in [2.45, 2.75) is 139 Å². The summed E-state index contributed by atoms with van der Waals surface area (Å²) < 4.78 is 30.8. The van der Waals surface area contributed by atoms with Gasteiger partial charge >= 0.3 is 0 Å². The number of hydrogen-bond acceptors (Lipinski definition) is 10. The predicted molar refractivity (Wildman–Crippen MR) is 184 cm³/mol. The van der Waals surface area contributed by atoms with Crippen molar-refractivity contribution in [2.24, 2.45) is 22.7 Å². The van der Waals surface area contributed by atoms with E-state index >= 15 is 0 Å². The number of fused-ring (bicyclic) bond motifs is 1. The number of amidine groups is 1. The molecule has 1 amide bonds. The quantitative estimate of drug-likeness (QED) is 0.297. The predicted octanol–water partition coefficient (Wildman–Crippen LogP) is 3.84. The minimum atomic E-state index is -1.61. The third kappa shape index (κ3) is 8.51. The van der Waals surface area contributed by atoms with E-state index < -0.39 is 51.7 Å². The highest BCUT2D eigenvalue weighted by molar-refractivity contribution is 14.1. The molecule has 3 aliphatic heterocycles. The highest BCUT2D eigenvalue weighted by atomic mass is 127. The fraction of sp³-hybridized carbons (Fsp3) is 0.794. The molecule has 1 aromatic rings. The first-order valence-corrected chi connectivity index (χ1v) is 17.9. The number of aliphatic hydroxyl groups excluding tert-OH is 1. The van der Waals surface area contributed by atoms with E-state index in [1.54, 1.807) is 20.3 Å². The van der Waals surface area contributed by atoms with Gasteiger partial charge in [0.2, 0.25) is 5.91 Å². The summed E-state index contributed by atoms with van der Waals surface area (Å²) >= 11 is 2.03. The molecule has 1 unspecified atom stereocenters. The first-order valence-electron chi connectivity index (χ1n) is 16.7. The number of ether oxygens (including phenoxy) is 4. The van der Waals surface area contributed by atoms with E-state index in [0.717, 1.165) is 12.2 Å². The Bertz CT molecular complexity index is 1250. The number of alkyl halides is 1. The van der Waals surface area contributed by atoms with Crippen LogP contribution in [-0.2, 0) is 35.1 Å². The minimum absolute atomic E-state index is 0.0257. The Balaban J connectivity index is 1.65. The molecule has 0 saturated carbocycles. The lowest BCUT2D eigenvalue weighted by atomic mass is 9.78. The van der Waals surface area contributed by atoms with E-state index in [4.69, 9.17) is 23.4 Å². The molecule has 3 saturated heterocycles. The molecule has 0 aliphatic carbocycles. The number of aliphatic imine (C=N–C) groups is 1. The summed E-state index contributed by atoms with van der Waals surface area (Å²) in [5.74, 6) is -0.692. The number of nitrogens with one attached hydrogen (secondary N) is 1. The highest BCUT2D eigenvalue weighted by Crippen LogP contribution is 2.40. The number of amides is 1. The number of ketones is 1. The SMILES string of the molecule is CO[C@]1(C)C[C@@H](C)C(=O)N[C@H](C)[C@@H](O)[C@](C)(O)[C@@H](I)CC(=O)[C@H](C)C[C@H](C)[C@H]1O[C@@H]1O[C@H](C)CC2[C@H]1O/C(=N\Cc1ccco1)N2C. The van der Waals surface area contributed by atoms with Gasteiger partial charge in [-0.2, -0.15) is 0 Å². The van der Waals surface area contributed by atoms with Gasteiger partial charge in [0.25, 0.3) is 6.02 Å². The molecule has 3 N–H and O–H groups in total. The Labute approximate surface area is 292 Å². The van der Waals surface area contributed by atoms with Crippen molar-refractivity contribution in [3.63, 3.8) is 0 Å². The van der Waals surface area contributed by atoms with Crippen molar-refractivity contribution in [3.05, 3.63) is 24.2 Å². The zero-order valence-electron chi connectivity index (χ0n) is 29.1. The maximum absolute atomic E-state index is 13.5. The van der Waals surface area contributed by atoms with E-state index in [0.29, 0.717) is 19.0 Å². The fourth-order valence-electron chi connectivity index (χ4n) is 7.26. The average Bonchev–Trinajstić information content (AvgIpc) is 3.65. The number of carbonyl (C=O) groups is 2. The van der Waals surface area contributed by atoms with Crippen LogP contribution in [0.5, 0.6) is 0 Å². The van der Waals surface area contributed by atoms with E-state index in [2.05, 4.69) is 10.3 Å². The maximum Gasteiger partial charge on any atom is 0.288 e. The topological polar surface area (TPSA) is 152 Å². The number of Topliss-reactive ketones (excluding diaryl/α,β-unsaturated/α-hetero) is 1. The molecule has 47 heavy (non-hydrogen) atoms. The Morgan fingerprint density at radius 3 is 2.49 bits per heavy atom. The first-order chi connectivity index (χ1) is 22.0. The van der Waals surface area contributed by atoms with E-state index in [-0.39, 0.29) is 48.5 Å². The zero-order chi connectivity index (χ0) is 34.8. The Hall–Kier alpha value is -1.78. The van der Waals surface area contributed by atoms with Crippen LogP contribution in [0, 0.1) is 17.8 Å². The van der Waals surface area contributed by atoms with E-state index in [1.807, 2.05) is 81.3 Å². The third-order valence-electron chi connectivity index (χ3n) is 10.3. The van der Waals surface area contributed by atoms with Gasteiger partial charge in [0, 0.05) is 36.3 Å². The second kappa shape index (κ2) is 15.4. The van der Waals surface area contributed by atoms with Crippen LogP contribution in [0.4, 0.5) is 0 Å². The molecular weight excluding hydrogens is 721 g/mol. The smallest absolute Gasteiger partial charge is 0.288 e. The van der Waals surface area contributed by atoms with Crippen molar-refractivity contribution in [1.82, 2.24) is 10.2 Å². The van der Waals surface area contributed by atoms with Crippen LogP contribution >= 0.6 is 22.6 Å². The lowest BCUT2D eigenvalue weighted by molar-refractivity contribution is -0.286. The molecule has 266 valence electrons. The zero-order valence-corrected chi connectivity index (χ0v) is 31.3.